The smallest absolute Gasteiger partial charge is 0.433 e. The number of rotatable bonds is 5. The zero-order valence-corrected chi connectivity index (χ0v) is 22.8. The van der Waals surface area contributed by atoms with Crippen LogP contribution in [0.25, 0.3) is 0 Å². The normalized spacial score (nSPS) is 26.5. The topological polar surface area (TPSA) is 88.3 Å². The summed E-state index contributed by atoms with van der Waals surface area (Å²) in [5.74, 6) is -2.60. The van der Waals surface area contributed by atoms with Crippen molar-refractivity contribution in [1.29, 1.82) is 0 Å². The summed E-state index contributed by atoms with van der Waals surface area (Å²) in [5.41, 5.74) is -1.21. The van der Waals surface area contributed by atoms with E-state index >= 15 is 0 Å². The maximum Gasteiger partial charge on any atom is 0.433 e. The molecule has 1 aliphatic heterocycles. The molecule has 1 N–H and O–H groups in total. The van der Waals surface area contributed by atoms with Crippen molar-refractivity contribution >= 4 is 35.1 Å². The molecular formula is C27H29Cl2F3N4O3. The van der Waals surface area contributed by atoms with Crippen molar-refractivity contribution in [3.8, 4) is 0 Å². The molecule has 7 nitrogen and oxygen atoms in total. The Kier molecular flexibility index (Phi) is 7.47. The van der Waals surface area contributed by atoms with Gasteiger partial charge in [-0.2, -0.15) is 18.3 Å². The summed E-state index contributed by atoms with van der Waals surface area (Å²) in [5, 5.41) is 14.2. The molecule has 4 atom stereocenters. The first-order valence-corrected chi connectivity index (χ1v) is 13.8. The molecule has 0 bridgehead atoms. The van der Waals surface area contributed by atoms with Gasteiger partial charge in [-0.05, 0) is 61.8 Å². The van der Waals surface area contributed by atoms with E-state index in [1.165, 1.54) is 17.3 Å². The van der Waals surface area contributed by atoms with E-state index in [1.54, 1.807) is 6.92 Å². The summed E-state index contributed by atoms with van der Waals surface area (Å²) >= 11 is 12.7. The summed E-state index contributed by atoms with van der Waals surface area (Å²) < 4.78 is 44.4. The van der Waals surface area contributed by atoms with E-state index in [4.69, 9.17) is 23.2 Å². The van der Waals surface area contributed by atoms with Crippen molar-refractivity contribution in [2.75, 3.05) is 6.54 Å². The van der Waals surface area contributed by atoms with Crippen LogP contribution in [0.5, 0.6) is 0 Å². The minimum Gasteiger partial charge on any atom is -0.481 e. The van der Waals surface area contributed by atoms with Gasteiger partial charge >= 0.3 is 12.1 Å². The van der Waals surface area contributed by atoms with Crippen LogP contribution in [-0.4, -0.2) is 49.2 Å². The Hall–Kier alpha value is -2.59. The maximum absolute atomic E-state index is 14.5. The predicted octanol–water partition coefficient (Wildman–Crippen LogP) is 6.46. The fourth-order valence-corrected chi connectivity index (χ4v) is 7.21. The molecule has 2 aromatic heterocycles. The molecule has 0 radical (unpaired) electrons. The number of aromatic nitrogens is 3. The highest BCUT2D eigenvalue weighted by atomic mass is 35.5. The van der Waals surface area contributed by atoms with E-state index in [-0.39, 0.29) is 30.6 Å². The molecule has 1 spiro atoms. The molecule has 1 saturated carbocycles. The number of hydrogen-bond acceptors (Lipinski definition) is 4. The molecular weight excluding hydrogens is 556 g/mol. The number of likely N-dealkylation sites (tertiary alicyclic amines) is 1. The molecule has 5 rings (SSSR count). The van der Waals surface area contributed by atoms with E-state index in [2.05, 4.69) is 10.1 Å². The number of carboxylic acid groups (broad SMARTS) is 1. The number of aliphatic carboxylic acids is 1. The Labute approximate surface area is 234 Å². The molecule has 2 aliphatic carbocycles. The number of halogens is 5. The number of allylic oxidation sites excluding steroid dienone is 2. The lowest BCUT2D eigenvalue weighted by atomic mass is 9.78. The third-order valence-electron chi connectivity index (χ3n) is 8.64. The second-order valence-electron chi connectivity index (χ2n) is 11.2. The van der Waals surface area contributed by atoms with Crippen LogP contribution >= 0.6 is 23.2 Å². The summed E-state index contributed by atoms with van der Waals surface area (Å²) in [6.07, 6.45) is 6.29. The summed E-state index contributed by atoms with van der Waals surface area (Å²) in [7, 11) is 0. The monoisotopic (exact) mass is 584 g/mol. The van der Waals surface area contributed by atoms with Crippen LogP contribution < -0.4 is 0 Å². The first-order valence-electron chi connectivity index (χ1n) is 13.0. The van der Waals surface area contributed by atoms with Crippen molar-refractivity contribution in [2.45, 2.75) is 70.1 Å². The van der Waals surface area contributed by atoms with Crippen LogP contribution in [-0.2, 0) is 17.4 Å². The van der Waals surface area contributed by atoms with Crippen LogP contribution in [0, 0.1) is 17.3 Å². The van der Waals surface area contributed by atoms with Crippen LogP contribution in [0.4, 0.5) is 13.2 Å². The Balaban J connectivity index is 1.48. The molecule has 3 heterocycles. The van der Waals surface area contributed by atoms with E-state index in [0.717, 1.165) is 23.7 Å². The van der Waals surface area contributed by atoms with Crippen molar-refractivity contribution in [1.82, 2.24) is 19.7 Å². The highest BCUT2D eigenvalue weighted by Crippen LogP contribution is 2.47. The van der Waals surface area contributed by atoms with E-state index < -0.39 is 47.3 Å². The SMILES string of the molecule is C[C@@H]1C[C@@H](n2ncc(C(=O)N3CC4(CC=CC4)C[C@@H]3Cc3c(Cl)cncc3Cl)c2C(F)(F)F)CC[C@@H]1C(=O)O. The Bertz CT molecular complexity index is 1280. The average Bonchev–Trinajstić information content (AvgIpc) is 3.59. The number of amides is 1. The number of alkyl halides is 3. The number of carbonyl (C=O) groups excluding carboxylic acids is 1. The fourth-order valence-electron chi connectivity index (χ4n) is 6.69. The van der Waals surface area contributed by atoms with Gasteiger partial charge in [0.25, 0.3) is 5.91 Å². The van der Waals surface area contributed by atoms with Crippen LogP contribution in [0.2, 0.25) is 10.0 Å². The zero-order chi connectivity index (χ0) is 28.1. The van der Waals surface area contributed by atoms with Gasteiger partial charge in [-0.25, -0.2) is 0 Å². The van der Waals surface area contributed by atoms with Crippen LogP contribution in [0.1, 0.15) is 73.1 Å². The van der Waals surface area contributed by atoms with Gasteiger partial charge < -0.3 is 10.0 Å². The predicted molar refractivity (Wildman–Crippen MR) is 139 cm³/mol. The number of carboxylic acids is 1. The van der Waals surface area contributed by atoms with Gasteiger partial charge in [0.05, 0.1) is 33.8 Å². The molecule has 1 amide bonds. The van der Waals surface area contributed by atoms with Crippen LogP contribution in [0.15, 0.2) is 30.7 Å². The molecule has 2 fully saturated rings. The number of hydrogen-bond donors (Lipinski definition) is 1. The molecule has 2 aromatic rings. The molecule has 210 valence electrons. The molecule has 39 heavy (non-hydrogen) atoms. The third-order valence-corrected chi connectivity index (χ3v) is 9.29. The lowest BCUT2D eigenvalue weighted by molar-refractivity contribution is -0.149. The van der Waals surface area contributed by atoms with Gasteiger partial charge in [0.15, 0.2) is 5.69 Å². The Morgan fingerprint density at radius 1 is 1.13 bits per heavy atom. The fraction of sp³-hybridized carbons (Fsp3) is 0.556. The lowest BCUT2D eigenvalue weighted by Gasteiger charge is -2.33. The number of pyridine rings is 1. The molecule has 0 unspecified atom stereocenters. The lowest BCUT2D eigenvalue weighted by Crippen LogP contribution is -2.39. The van der Waals surface area contributed by atoms with Gasteiger partial charge in [0.1, 0.15) is 0 Å². The number of carbonyl (C=O) groups is 2. The first kappa shape index (κ1) is 28.0. The Morgan fingerprint density at radius 3 is 2.38 bits per heavy atom. The zero-order valence-electron chi connectivity index (χ0n) is 21.3. The second kappa shape index (κ2) is 10.4. The highest BCUT2D eigenvalue weighted by molar-refractivity contribution is 6.35. The van der Waals surface area contributed by atoms with Crippen molar-refractivity contribution < 1.29 is 27.9 Å². The van der Waals surface area contributed by atoms with Crippen molar-refractivity contribution in [3.63, 3.8) is 0 Å². The standard InChI is InChI=1S/C27H29Cl2F3N4O3/c1-15-8-16(4-5-18(15)25(38)39)36-23(27(30,31)32)20(11-34-36)24(37)35-14-26(6-2-3-7-26)10-17(35)9-19-21(28)12-33-13-22(19)29/h2-3,11-13,15-18H,4-10,14H2,1H3,(H,38,39)/t15-,16+,17+,18+/m1/s1. The van der Waals surface area contributed by atoms with Gasteiger partial charge in [0, 0.05) is 25.0 Å². The maximum atomic E-state index is 14.5. The average molecular weight is 585 g/mol. The van der Waals surface area contributed by atoms with Gasteiger partial charge in [-0.3, -0.25) is 19.3 Å². The number of nitrogens with zero attached hydrogens (tertiary/aromatic N) is 4. The molecule has 12 heteroatoms. The third kappa shape index (κ3) is 5.29. The highest BCUT2D eigenvalue weighted by Gasteiger charge is 2.49. The largest absolute Gasteiger partial charge is 0.481 e. The van der Waals surface area contributed by atoms with Gasteiger partial charge in [0.2, 0.25) is 0 Å². The van der Waals surface area contributed by atoms with E-state index in [9.17, 15) is 27.9 Å². The van der Waals surface area contributed by atoms with Crippen molar-refractivity contribution in [2.24, 2.45) is 17.3 Å². The minimum absolute atomic E-state index is 0.232. The van der Waals surface area contributed by atoms with Gasteiger partial charge in [-0.15, -0.1) is 0 Å². The van der Waals surface area contributed by atoms with Gasteiger partial charge in [-0.1, -0.05) is 42.3 Å². The molecule has 1 saturated heterocycles. The summed E-state index contributed by atoms with van der Waals surface area (Å²) in [4.78, 5) is 30.9. The van der Waals surface area contributed by atoms with E-state index in [0.29, 0.717) is 35.0 Å². The first-order chi connectivity index (χ1) is 18.4. The summed E-state index contributed by atoms with van der Waals surface area (Å²) in [6, 6.07) is -1.06. The second-order valence-corrected chi connectivity index (χ2v) is 12.0. The minimum atomic E-state index is -4.83. The quantitative estimate of drug-likeness (QED) is 0.407. The van der Waals surface area contributed by atoms with Crippen LogP contribution in [0.3, 0.4) is 0 Å². The van der Waals surface area contributed by atoms with Crippen molar-refractivity contribution in [3.05, 3.63) is 57.6 Å². The Morgan fingerprint density at radius 2 is 1.79 bits per heavy atom. The summed E-state index contributed by atoms with van der Waals surface area (Å²) in [6.45, 7) is 2.04. The molecule has 3 aliphatic rings. The van der Waals surface area contributed by atoms with E-state index in [1.807, 2.05) is 12.2 Å². The molecule has 0 aromatic carbocycles.